The average Bonchev–Trinajstić information content (AvgIpc) is 3.39. The van der Waals surface area contributed by atoms with Gasteiger partial charge in [0.15, 0.2) is 0 Å². The Morgan fingerprint density at radius 1 is 1.34 bits per heavy atom. The molecule has 0 saturated carbocycles. The summed E-state index contributed by atoms with van der Waals surface area (Å²) < 4.78 is 1.69. The molecule has 1 aromatic carbocycles. The summed E-state index contributed by atoms with van der Waals surface area (Å²) in [6.45, 7) is 3.62. The van der Waals surface area contributed by atoms with Crippen molar-refractivity contribution < 1.29 is 9.59 Å². The first-order valence-electron chi connectivity index (χ1n) is 9.01. The molecule has 29 heavy (non-hydrogen) atoms. The summed E-state index contributed by atoms with van der Waals surface area (Å²) in [5, 5.41) is 20.3. The number of hydrogen-bond donors (Lipinski definition) is 1. The molecule has 0 aliphatic carbocycles. The number of nitriles is 1. The normalized spacial score (nSPS) is 11.7. The van der Waals surface area contributed by atoms with Crippen LogP contribution >= 0.6 is 11.6 Å². The SMILES string of the molecule is CCC(Cn1ccc(-c2ccc(C#N)c(Cl)c2)n1)N(C(C)=O)C(=O)c1ccn[nH]1. The first-order chi connectivity index (χ1) is 13.9. The zero-order chi connectivity index (χ0) is 21.0. The highest BCUT2D eigenvalue weighted by Crippen LogP contribution is 2.24. The predicted octanol–water partition coefficient (Wildman–Crippen LogP) is 3.27. The van der Waals surface area contributed by atoms with E-state index in [1.165, 1.54) is 24.1 Å². The monoisotopic (exact) mass is 410 g/mol. The van der Waals surface area contributed by atoms with Gasteiger partial charge in [0, 0.05) is 24.9 Å². The van der Waals surface area contributed by atoms with Gasteiger partial charge in [-0.1, -0.05) is 24.6 Å². The number of benzene rings is 1. The van der Waals surface area contributed by atoms with Gasteiger partial charge in [-0.15, -0.1) is 0 Å². The van der Waals surface area contributed by atoms with Crippen LogP contribution in [0.15, 0.2) is 42.7 Å². The molecule has 2 aromatic heterocycles. The van der Waals surface area contributed by atoms with Crippen LogP contribution in [0, 0.1) is 11.3 Å². The van der Waals surface area contributed by atoms with Crippen molar-refractivity contribution in [3.63, 3.8) is 0 Å². The first-order valence-corrected chi connectivity index (χ1v) is 9.39. The average molecular weight is 411 g/mol. The minimum atomic E-state index is -0.423. The Kier molecular flexibility index (Phi) is 6.10. The number of rotatable bonds is 6. The second-order valence-electron chi connectivity index (χ2n) is 6.46. The number of nitrogens with zero attached hydrogens (tertiary/aromatic N) is 5. The number of amides is 2. The Bertz CT molecular complexity index is 1070. The second-order valence-corrected chi connectivity index (χ2v) is 6.86. The number of hydrogen-bond acceptors (Lipinski definition) is 5. The maximum atomic E-state index is 12.7. The molecule has 0 aliphatic rings. The van der Waals surface area contributed by atoms with Crippen molar-refractivity contribution >= 4 is 23.4 Å². The van der Waals surface area contributed by atoms with E-state index in [0.717, 1.165) is 5.56 Å². The lowest BCUT2D eigenvalue weighted by atomic mass is 10.1. The second kappa shape index (κ2) is 8.71. The van der Waals surface area contributed by atoms with E-state index in [0.29, 0.717) is 29.2 Å². The van der Waals surface area contributed by atoms with Crippen LogP contribution < -0.4 is 0 Å². The van der Waals surface area contributed by atoms with Crippen LogP contribution in [-0.4, -0.2) is 42.7 Å². The minimum absolute atomic E-state index is 0.257. The van der Waals surface area contributed by atoms with Crippen molar-refractivity contribution in [2.24, 2.45) is 0 Å². The summed E-state index contributed by atoms with van der Waals surface area (Å²) in [6.07, 6.45) is 3.81. The topological polar surface area (TPSA) is 108 Å². The Morgan fingerprint density at radius 2 is 2.14 bits per heavy atom. The molecule has 8 nitrogen and oxygen atoms in total. The molecule has 1 atom stereocenters. The van der Waals surface area contributed by atoms with Gasteiger partial charge in [-0.2, -0.15) is 15.5 Å². The van der Waals surface area contributed by atoms with E-state index < -0.39 is 5.91 Å². The van der Waals surface area contributed by atoms with Gasteiger partial charge in [-0.3, -0.25) is 24.3 Å². The lowest BCUT2D eigenvalue weighted by molar-refractivity contribution is -0.128. The fourth-order valence-electron chi connectivity index (χ4n) is 3.06. The summed E-state index contributed by atoms with van der Waals surface area (Å²) in [5.74, 6) is -0.768. The van der Waals surface area contributed by atoms with Crippen LogP contribution in [0.2, 0.25) is 5.02 Å². The molecule has 0 saturated heterocycles. The highest BCUT2D eigenvalue weighted by molar-refractivity contribution is 6.32. The lowest BCUT2D eigenvalue weighted by Crippen LogP contribution is -2.45. The molecular weight excluding hydrogens is 392 g/mol. The van der Waals surface area contributed by atoms with Crippen LogP contribution in [0.4, 0.5) is 0 Å². The molecule has 3 rings (SSSR count). The zero-order valence-corrected chi connectivity index (χ0v) is 16.7. The summed E-state index contributed by atoms with van der Waals surface area (Å²) >= 11 is 6.11. The first kappa shape index (κ1) is 20.3. The molecule has 0 aliphatic heterocycles. The predicted molar refractivity (Wildman–Crippen MR) is 107 cm³/mol. The number of H-pyrrole nitrogens is 1. The summed E-state index contributed by atoms with van der Waals surface area (Å²) in [5.41, 5.74) is 2.11. The van der Waals surface area contributed by atoms with E-state index in [2.05, 4.69) is 15.3 Å². The minimum Gasteiger partial charge on any atom is -0.275 e. The fraction of sp³-hybridized carbons (Fsp3) is 0.250. The van der Waals surface area contributed by atoms with Crippen molar-refractivity contribution in [3.8, 4) is 17.3 Å². The largest absolute Gasteiger partial charge is 0.278 e. The standard InChI is InChI=1S/C20H19ClN6O2/c1-3-16(27(13(2)28)20(29)19-6-8-23-24-19)12-26-9-7-18(25-26)14-4-5-15(11-22)17(21)10-14/h4-10,16H,3,12H2,1-2H3,(H,23,24). The van der Waals surface area contributed by atoms with Crippen molar-refractivity contribution in [1.82, 2.24) is 24.9 Å². The molecular formula is C20H19ClN6O2. The highest BCUT2D eigenvalue weighted by Gasteiger charge is 2.28. The number of aromatic amines is 1. The number of aromatic nitrogens is 4. The van der Waals surface area contributed by atoms with Crippen LogP contribution in [0.1, 0.15) is 36.3 Å². The molecule has 3 aromatic rings. The highest BCUT2D eigenvalue weighted by atomic mass is 35.5. The molecule has 2 amide bonds. The number of carbonyl (C=O) groups excluding carboxylic acids is 2. The molecule has 0 spiro atoms. The van der Waals surface area contributed by atoms with Gasteiger partial charge in [0.05, 0.1) is 28.9 Å². The molecule has 1 unspecified atom stereocenters. The third kappa shape index (κ3) is 4.36. The van der Waals surface area contributed by atoms with Gasteiger partial charge in [-0.05, 0) is 30.7 Å². The van der Waals surface area contributed by atoms with Gasteiger partial charge in [0.25, 0.3) is 5.91 Å². The Morgan fingerprint density at radius 3 is 2.72 bits per heavy atom. The van der Waals surface area contributed by atoms with E-state index in [4.69, 9.17) is 16.9 Å². The van der Waals surface area contributed by atoms with Crippen molar-refractivity contribution in [3.05, 3.63) is 59.0 Å². The molecule has 0 bridgehead atoms. The third-order valence-electron chi connectivity index (χ3n) is 4.55. The smallest absolute Gasteiger partial charge is 0.275 e. The van der Waals surface area contributed by atoms with Crippen LogP contribution in [0.25, 0.3) is 11.3 Å². The summed E-state index contributed by atoms with van der Waals surface area (Å²) in [7, 11) is 0. The van der Waals surface area contributed by atoms with Crippen LogP contribution in [0.5, 0.6) is 0 Å². The Balaban J connectivity index is 1.82. The van der Waals surface area contributed by atoms with Crippen molar-refractivity contribution in [2.45, 2.75) is 32.9 Å². The van der Waals surface area contributed by atoms with Gasteiger partial charge >= 0.3 is 0 Å². The number of nitrogens with one attached hydrogen (secondary N) is 1. The van der Waals surface area contributed by atoms with Gasteiger partial charge in [0.1, 0.15) is 11.8 Å². The summed E-state index contributed by atoms with van der Waals surface area (Å²) in [6, 6.07) is 10.1. The van der Waals surface area contributed by atoms with Gasteiger partial charge in [0.2, 0.25) is 5.91 Å². The van der Waals surface area contributed by atoms with E-state index in [-0.39, 0.29) is 17.6 Å². The van der Waals surface area contributed by atoms with Crippen LogP contribution in [-0.2, 0) is 11.3 Å². The van der Waals surface area contributed by atoms with E-state index in [1.807, 2.05) is 19.1 Å². The van der Waals surface area contributed by atoms with E-state index in [9.17, 15) is 9.59 Å². The van der Waals surface area contributed by atoms with Crippen molar-refractivity contribution in [2.75, 3.05) is 0 Å². The molecule has 0 fully saturated rings. The molecule has 2 heterocycles. The number of imide groups is 1. The fourth-order valence-corrected chi connectivity index (χ4v) is 3.29. The quantitative estimate of drug-likeness (QED) is 0.670. The zero-order valence-electron chi connectivity index (χ0n) is 16.0. The summed E-state index contributed by atoms with van der Waals surface area (Å²) in [4.78, 5) is 26.2. The van der Waals surface area contributed by atoms with Crippen LogP contribution in [0.3, 0.4) is 0 Å². The maximum absolute atomic E-state index is 12.7. The maximum Gasteiger partial charge on any atom is 0.278 e. The Hall–Kier alpha value is -3.44. The number of carbonyl (C=O) groups is 2. The number of halogens is 1. The van der Waals surface area contributed by atoms with E-state index >= 15 is 0 Å². The van der Waals surface area contributed by atoms with Crippen molar-refractivity contribution in [1.29, 1.82) is 5.26 Å². The molecule has 148 valence electrons. The molecule has 9 heteroatoms. The Labute approximate surface area is 172 Å². The van der Waals surface area contributed by atoms with Gasteiger partial charge < -0.3 is 0 Å². The molecule has 1 N–H and O–H groups in total. The van der Waals surface area contributed by atoms with Gasteiger partial charge in [-0.25, -0.2) is 0 Å². The van der Waals surface area contributed by atoms with E-state index in [1.54, 1.807) is 29.1 Å². The molecule has 0 radical (unpaired) electrons. The third-order valence-corrected chi connectivity index (χ3v) is 4.86. The lowest BCUT2D eigenvalue weighted by Gasteiger charge is -2.28.